The van der Waals surface area contributed by atoms with Crippen molar-refractivity contribution in [2.24, 2.45) is 5.73 Å². The molecule has 1 amide bonds. The van der Waals surface area contributed by atoms with Crippen molar-refractivity contribution in [3.8, 4) is 5.75 Å². The highest BCUT2D eigenvalue weighted by atomic mass is 35.5. The molecule has 1 aromatic rings. The Morgan fingerprint density at radius 3 is 2.71 bits per heavy atom. The van der Waals surface area contributed by atoms with E-state index in [9.17, 15) is 4.79 Å². The predicted molar refractivity (Wildman–Crippen MR) is 82.8 cm³/mol. The maximum atomic E-state index is 11.6. The highest BCUT2D eigenvalue weighted by Crippen LogP contribution is 2.13. The van der Waals surface area contributed by atoms with Gasteiger partial charge in [0.05, 0.1) is 13.2 Å². The summed E-state index contributed by atoms with van der Waals surface area (Å²) >= 11 is 0. The van der Waals surface area contributed by atoms with Crippen LogP contribution in [0.1, 0.15) is 5.56 Å². The predicted octanol–water partition coefficient (Wildman–Crippen LogP) is 0.724. The van der Waals surface area contributed by atoms with Crippen molar-refractivity contribution in [2.45, 2.75) is 12.6 Å². The third kappa shape index (κ3) is 7.87. The van der Waals surface area contributed by atoms with Gasteiger partial charge in [0.1, 0.15) is 18.4 Å². The van der Waals surface area contributed by atoms with Gasteiger partial charge in [-0.25, -0.2) is 0 Å². The number of hydrogen-bond acceptors (Lipinski definition) is 5. The Balaban J connectivity index is 0.00000400. The van der Waals surface area contributed by atoms with Crippen molar-refractivity contribution in [2.75, 3.05) is 34.0 Å². The first-order chi connectivity index (χ1) is 9.67. The molecule has 21 heavy (non-hydrogen) atoms. The maximum Gasteiger partial charge on any atom is 0.239 e. The first kappa shape index (κ1) is 19.7. The summed E-state index contributed by atoms with van der Waals surface area (Å²) in [6.45, 7) is 1.63. The number of carbonyl (C=O) groups excluding carboxylic acids is 1. The van der Waals surface area contributed by atoms with E-state index in [1.165, 1.54) is 7.11 Å². The van der Waals surface area contributed by atoms with Gasteiger partial charge < -0.3 is 25.3 Å². The minimum atomic E-state index is -0.652. The van der Waals surface area contributed by atoms with Gasteiger partial charge in [0.15, 0.2) is 0 Å². The fourth-order valence-electron chi connectivity index (χ4n) is 1.56. The number of halogens is 1. The Kier molecular flexibility index (Phi) is 10.6. The second-order valence-corrected chi connectivity index (χ2v) is 4.27. The van der Waals surface area contributed by atoms with Crippen LogP contribution in [-0.4, -0.2) is 46.0 Å². The van der Waals surface area contributed by atoms with Crippen molar-refractivity contribution in [1.82, 2.24) is 5.32 Å². The van der Waals surface area contributed by atoms with Crippen LogP contribution in [0.2, 0.25) is 0 Å². The van der Waals surface area contributed by atoms with E-state index in [2.05, 4.69) is 5.32 Å². The average molecular weight is 319 g/mol. The normalized spacial score (nSPS) is 11.4. The molecule has 0 bridgehead atoms. The van der Waals surface area contributed by atoms with Crippen LogP contribution in [0.15, 0.2) is 24.3 Å². The van der Waals surface area contributed by atoms with Crippen molar-refractivity contribution >= 4 is 18.3 Å². The third-order valence-electron chi connectivity index (χ3n) is 2.60. The molecule has 0 aromatic heterocycles. The van der Waals surface area contributed by atoms with E-state index in [0.29, 0.717) is 19.8 Å². The Hall–Kier alpha value is -1.34. The summed E-state index contributed by atoms with van der Waals surface area (Å²) in [5.74, 6) is 0.507. The topological polar surface area (TPSA) is 82.8 Å². The number of nitrogens with two attached hydrogens (primary N) is 1. The van der Waals surface area contributed by atoms with Crippen molar-refractivity contribution in [3.05, 3.63) is 29.8 Å². The highest BCUT2D eigenvalue weighted by Gasteiger charge is 2.12. The molecule has 1 unspecified atom stereocenters. The van der Waals surface area contributed by atoms with Gasteiger partial charge in [-0.3, -0.25) is 4.79 Å². The maximum absolute atomic E-state index is 11.6. The monoisotopic (exact) mass is 318 g/mol. The Bertz CT molecular complexity index is 418. The summed E-state index contributed by atoms with van der Waals surface area (Å²) in [5.41, 5.74) is 6.57. The second kappa shape index (κ2) is 11.3. The summed E-state index contributed by atoms with van der Waals surface area (Å²) in [7, 11) is 3.13. The van der Waals surface area contributed by atoms with E-state index >= 15 is 0 Å². The van der Waals surface area contributed by atoms with Crippen LogP contribution < -0.4 is 15.8 Å². The van der Waals surface area contributed by atoms with Crippen molar-refractivity contribution < 1.29 is 19.0 Å². The van der Waals surface area contributed by atoms with Gasteiger partial charge in [-0.1, -0.05) is 12.1 Å². The first-order valence-corrected chi connectivity index (χ1v) is 6.40. The van der Waals surface area contributed by atoms with E-state index in [1.807, 2.05) is 24.3 Å². The summed E-state index contributed by atoms with van der Waals surface area (Å²) in [4.78, 5) is 11.6. The lowest BCUT2D eigenvalue weighted by atomic mass is 10.2. The quantitative estimate of drug-likeness (QED) is 0.656. The Morgan fingerprint density at radius 1 is 1.29 bits per heavy atom. The number of benzene rings is 1. The first-order valence-electron chi connectivity index (χ1n) is 6.40. The number of rotatable bonds is 9. The molecule has 0 aliphatic rings. The van der Waals surface area contributed by atoms with Crippen LogP contribution in [-0.2, 0) is 20.8 Å². The third-order valence-corrected chi connectivity index (χ3v) is 2.60. The largest absolute Gasteiger partial charge is 0.491 e. The van der Waals surface area contributed by atoms with E-state index in [-0.39, 0.29) is 24.9 Å². The number of carbonyl (C=O) groups is 1. The molecule has 0 radical (unpaired) electrons. The lowest BCUT2D eigenvalue weighted by Gasteiger charge is -2.12. The molecule has 0 heterocycles. The second-order valence-electron chi connectivity index (χ2n) is 4.27. The molecule has 7 heteroatoms. The Labute approximate surface area is 131 Å². The molecule has 0 aliphatic carbocycles. The van der Waals surface area contributed by atoms with Crippen LogP contribution in [0.5, 0.6) is 5.75 Å². The SMILES string of the molecule is COCCOc1cccc(CNC(=O)C(N)COC)c1.Cl. The van der Waals surface area contributed by atoms with Crippen LogP contribution in [0.4, 0.5) is 0 Å². The smallest absolute Gasteiger partial charge is 0.239 e. The standard InChI is InChI=1S/C14H22N2O4.ClH/c1-18-6-7-20-12-5-3-4-11(8-12)9-16-14(17)13(15)10-19-2;/h3-5,8,13H,6-7,9-10,15H2,1-2H3,(H,16,17);1H. The number of methoxy groups -OCH3 is 2. The molecule has 0 fully saturated rings. The minimum absolute atomic E-state index is 0. The van der Waals surface area contributed by atoms with Crippen molar-refractivity contribution in [1.29, 1.82) is 0 Å². The summed E-state index contributed by atoms with van der Waals surface area (Å²) < 4.78 is 15.2. The minimum Gasteiger partial charge on any atom is -0.491 e. The van der Waals surface area contributed by atoms with E-state index in [4.69, 9.17) is 19.9 Å². The zero-order valence-electron chi connectivity index (χ0n) is 12.3. The molecule has 6 nitrogen and oxygen atoms in total. The van der Waals surface area contributed by atoms with Gasteiger partial charge in [-0.05, 0) is 17.7 Å². The van der Waals surface area contributed by atoms with E-state index < -0.39 is 6.04 Å². The number of nitrogens with one attached hydrogen (secondary N) is 1. The average Bonchev–Trinajstić information content (AvgIpc) is 2.46. The fraction of sp³-hybridized carbons (Fsp3) is 0.500. The Morgan fingerprint density at radius 2 is 2.05 bits per heavy atom. The molecule has 1 aromatic carbocycles. The van der Waals surface area contributed by atoms with Crippen LogP contribution in [0.25, 0.3) is 0 Å². The zero-order chi connectivity index (χ0) is 14.8. The summed E-state index contributed by atoms with van der Waals surface area (Å²) in [6, 6.07) is 6.86. The van der Waals surface area contributed by atoms with Gasteiger partial charge >= 0.3 is 0 Å². The molecular weight excluding hydrogens is 296 g/mol. The number of hydrogen-bond donors (Lipinski definition) is 2. The molecule has 0 saturated heterocycles. The lowest BCUT2D eigenvalue weighted by Crippen LogP contribution is -2.43. The van der Waals surface area contributed by atoms with Gasteiger partial charge in [-0.2, -0.15) is 0 Å². The zero-order valence-corrected chi connectivity index (χ0v) is 13.2. The van der Waals surface area contributed by atoms with Crippen molar-refractivity contribution in [3.63, 3.8) is 0 Å². The lowest BCUT2D eigenvalue weighted by molar-refractivity contribution is -0.123. The van der Waals surface area contributed by atoms with Crippen LogP contribution in [0, 0.1) is 0 Å². The van der Waals surface area contributed by atoms with Crippen LogP contribution >= 0.6 is 12.4 Å². The molecule has 0 aliphatic heterocycles. The number of amides is 1. The van der Waals surface area contributed by atoms with E-state index in [1.54, 1.807) is 7.11 Å². The van der Waals surface area contributed by atoms with Gasteiger partial charge in [0.25, 0.3) is 0 Å². The van der Waals surface area contributed by atoms with E-state index in [0.717, 1.165) is 11.3 Å². The molecule has 0 saturated carbocycles. The highest BCUT2D eigenvalue weighted by molar-refractivity contribution is 5.85. The number of ether oxygens (including phenoxy) is 3. The molecule has 120 valence electrons. The fourth-order valence-corrected chi connectivity index (χ4v) is 1.56. The molecule has 0 spiro atoms. The molecule has 3 N–H and O–H groups in total. The van der Waals surface area contributed by atoms with Gasteiger partial charge in [0.2, 0.25) is 5.91 Å². The van der Waals surface area contributed by atoms with Crippen LogP contribution in [0.3, 0.4) is 0 Å². The molecular formula is C14H23ClN2O4. The summed E-state index contributed by atoms with van der Waals surface area (Å²) in [5, 5.41) is 2.75. The summed E-state index contributed by atoms with van der Waals surface area (Å²) in [6.07, 6.45) is 0. The molecule has 1 rings (SSSR count). The van der Waals surface area contributed by atoms with Gasteiger partial charge in [0, 0.05) is 20.8 Å². The van der Waals surface area contributed by atoms with Gasteiger partial charge in [-0.15, -0.1) is 12.4 Å². The molecule has 1 atom stereocenters.